The normalized spacial score (nSPS) is 17.5. The molecule has 0 radical (unpaired) electrons. The Morgan fingerprint density at radius 3 is 2.62 bits per heavy atom. The first kappa shape index (κ1) is 25.3. The molecule has 0 amide bonds. The van der Waals surface area contributed by atoms with Gasteiger partial charge in [-0.15, -0.1) is 0 Å². The van der Waals surface area contributed by atoms with Gasteiger partial charge in [0.1, 0.15) is 5.67 Å². The Bertz CT molecular complexity index is 954. The van der Waals surface area contributed by atoms with E-state index in [9.17, 15) is 5.26 Å². The zero-order valence-corrected chi connectivity index (χ0v) is 19.9. The number of nitriles is 1. The molecule has 1 aromatic rings. The molecule has 0 N–H and O–H groups in total. The number of nitrogens with zero attached hydrogens (tertiary/aromatic N) is 4. The van der Waals surface area contributed by atoms with Crippen LogP contribution in [0.15, 0.2) is 59.3 Å². The minimum atomic E-state index is -1.28. The summed E-state index contributed by atoms with van der Waals surface area (Å²) in [6.45, 7) is 13.3. The highest BCUT2D eigenvalue weighted by molar-refractivity contribution is 5.79. The summed E-state index contributed by atoms with van der Waals surface area (Å²) in [4.78, 5) is 11.2. The van der Waals surface area contributed by atoms with Gasteiger partial charge in [0.2, 0.25) is 0 Å². The monoisotopic (exact) mass is 434 g/mol. The molecule has 0 bridgehead atoms. The summed E-state index contributed by atoms with van der Waals surface area (Å²) in [6.07, 6.45) is 12.0. The van der Waals surface area contributed by atoms with Crippen LogP contribution in [0.3, 0.4) is 0 Å². The predicted molar refractivity (Wildman–Crippen MR) is 133 cm³/mol. The van der Waals surface area contributed by atoms with E-state index in [0.717, 1.165) is 34.6 Å². The van der Waals surface area contributed by atoms with Gasteiger partial charge in [0.25, 0.3) is 0 Å². The van der Waals surface area contributed by atoms with Gasteiger partial charge in [-0.25, -0.2) is 4.39 Å². The molecular weight excluding hydrogens is 399 g/mol. The van der Waals surface area contributed by atoms with Crippen LogP contribution in [0.4, 0.5) is 4.39 Å². The molecule has 32 heavy (non-hydrogen) atoms. The molecule has 1 aromatic heterocycles. The van der Waals surface area contributed by atoms with Gasteiger partial charge in [0.15, 0.2) is 0 Å². The third kappa shape index (κ3) is 6.50. The Hall–Kier alpha value is -3.00. The van der Waals surface area contributed by atoms with Crippen molar-refractivity contribution < 1.29 is 4.39 Å². The molecule has 2 heterocycles. The maximum atomic E-state index is 15.7. The van der Waals surface area contributed by atoms with Crippen LogP contribution in [0.2, 0.25) is 0 Å². The number of rotatable bonds is 9. The van der Waals surface area contributed by atoms with Crippen LogP contribution >= 0.6 is 0 Å². The molecule has 1 fully saturated rings. The highest BCUT2D eigenvalue weighted by Gasteiger charge is 2.35. The molecule has 1 aliphatic rings. The topological polar surface area (TPSA) is 52.3 Å². The summed E-state index contributed by atoms with van der Waals surface area (Å²) in [6, 6.07) is 6.10. The van der Waals surface area contributed by atoms with Crippen molar-refractivity contribution in [1.29, 1.82) is 5.26 Å². The zero-order valence-electron chi connectivity index (χ0n) is 19.9. The largest absolute Gasteiger partial charge is 0.371 e. The van der Waals surface area contributed by atoms with Crippen LogP contribution in [0, 0.1) is 11.3 Å². The second-order valence-corrected chi connectivity index (χ2v) is 8.04. The first-order valence-corrected chi connectivity index (χ1v) is 11.4. The number of piperidine rings is 1. The lowest BCUT2D eigenvalue weighted by molar-refractivity contribution is 0.0822. The first-order chi connectivity index (χ1) is 15.4. The molecule has 0 atom stereocenters. The molecule has 2 rings (SSSR count). The van der Waals surface area contributed by atoms with Gasteiger partial charge in [-0.1, -0.05) is 32.6 Å². The Morgan fingerprint density at radius 1 is 1.34 bits per heavy atom. The quantitative estimate of drug-likeness (QED) is 0.241. The van der Waals surface area contributed by atoms with Crippen molar-refractivity contribution in [3.05, 3.63) is 65.5 Å². The van der Waals surface area contributed by atoms with Crippen molar-refractivity contribution in [2.45, 2.75) is 65.5 Å². The Morgan fingerprint density at radius 2 is 2.06 bits per heavy atom. The Labute approximate surface area is 192 Å². The lowest BCUT2D eigenvalue weighted by atomic mass is 9.85. The number of hydrogen-bond acceptors (Lipinski definition) is 4. The Balaban J connectivity index is 2.16. The average Bonchev–Trinajstić information content (AvgIpc) is 2.81. The maximum Gasteiger partial charge on any atom is 0.118 e. The molecule has 0 aliphatic carbocycles. The maximum absolute atomic E-state index is 15.7. The van der Waals surface area contributed by atoms with Gasteiger partial charge in [-0.3, -0.25) is 9.98 Å². The summed E-state index contributed by atoms with van der Waals surface area (Å²) in [5.41, 5.74) is 3.72. The van der Waals surface area contributed by atoms with Crippen LogP contribution in [-0.4, -0.2) is 34.9 Å². The number of halogens is 1. The van der Waals surface area contributed by atoms with E-state index in [1.807, 2.05) is 45.1 Å². The summed E-state index contributed by atoms with van der Waals surface area (Å²) in [5.74, 6) is 0. The van der Waals surface area contributed by atoms with Crippen LogP contribution in [0.1, 0.15) is 71.1 Å². The van der Waals surface area contributed by atoms with Gasteiger partial charge in [-0.2, -0.15) is 5.26 Å². The number of alkyl halides is 1. The van der Waals surface area contributed by atoms with Crippen LogP contribution in [0.25, 0.3) is 11.4 Å². The molecule has 1 saturated heterocycles. The molecule has 0 aromatic carbocycles. The number of aromatic nitrogens is 1. The molecule has 170 valence electrons. The van der Waals surface area contributed by atoms with E-state index in [4.69, 9.17) is 0 Å². The molecular formula is C27H35FN4. The molecule has 0 saturated carbocycles. The summed E-state index contributed by atoms with van der Waals surface area (Å²) in [5, 5.41) is 9.20. The zero-order chi connectivity index (χ0) is 23.6. The van der Waals surface area contributed by atoms with E-state index >= 15 is 4.39 Å². The second-order valence-electron chi connectivity index (χ2n) is 8.04. The van der Waals surface area contributed by atoms with Crippen molar-refractivity contribution in [2.24, 2.45) is 4.99 Å². The number of hydrogen-bond donors (Lipinski definition) is 0. The van der Waals surface area contributed by atoms with Gasteiger partial charge < -0.3 is 4.90 Å². The highest BCUT2D eigenvalue weighted by atomic mass is 19.1. The van der Waals surface area contributed by atoms with Crippen molar-refractivity contribution in [3.8, 4) is 6.07 Å². The number of likely N-dealkylation sites (tertiary alicyclic amines) is 1. The molecule has 0 spiro atoms. The third-order valence-electron chi connectivity index (χ3n) is 5.84. The number of aliphatic imine (C=N–C) groups is 1. The number of pyridine rings is 1. The van der Waals surface area contributed by atoms with E-state index in [2.05, 4.69) is 40.5 Å². The van der Waals surface area contributed by atoms with E-state index in [1.54, 1.807) is 12.4 Å². The average molecular weight is 435 g/mol. The Kier molecular flexibility index (Phi) is 9.59. The van der Waals surface area contributed by atoms with Crippen LogP contribution in [0.5, 0.6) is 0 Å². The second kappa shape index (κ2) is 12.1. The van der Waals surface area contributed by atoms with Gasteiger partial charge in [0.05, 0.1) is 17.5 Å². The fourth-order valence-corrected chi connectivity index (χ4v) is 3.95. The summed E-state index contributed by atoms with van der Waals surface area (Å²) >= 11 is 0. The van der Waals surface area contributed by atoms with Crippen molar-refractivity contribution in [1.82, 2.24) is 9.88 Å². The molecule has 4 nitrogen and oxygen atoms in total. The lowest BCUT2D eigenvalue weighted by Gasteiger charge is -2.39. The molecule has 0 unspecified atom stereocenters. The molecule has 5 heteroatoms. The van der Waals surface area contributed by atoms with Crippen molar-refractivity contribution in [2.75, 3.05) is 13.1 Å². The highest BCUT2D eigenvalue weighted by Crippen LogP contribution is 2.36. The first-order valence-electron chi connectivity index (χ1n) is 11.4. The predicted octanol–water partition coefficient (Wildman–Crippen LogP) is 6.89. The minimum absolute atomic E-state index is 0.335. The van der Waals surface area contributed by atoms with Gasteiger partial charge >= 0.3 is 0 Å². The minimum Gasteiger partial charge on any atom is -0.371 e. The van der Waals surface area contributed by atoms with E-state index in [1.165, 1.54) is 0 Å². The third-order valence-corrected chi connectivity index (χ3v) is 5.84. The summed E-state index contributed by atoms with van der Waals surface area (Å²) < 4.78 is 15.7. The SMILES string of the molecule is C=C(c1cccnc1C(=C/CC)/N=C\C)N1CCC(F)(CC(=C/C)/C=C(/C#N)CC)CC1. The van der Waals surface area contributed by atoms with E-state index in [0.29, 0.717) is 44.3 Å². The van der Waals surface area contributed by atoms with Gasteiger partial charge in [0, 0.05) is 48.8 Å². The van der Waals surface area contributed by atoms with E-state index in [-0.39, 0.29) is 0 Å². The van der Waals surface area contributed by atoms with Crippen molar-refractivity contribution in [3.63, 3.8) is 0 Å². The van der Waals surface area contributed by atoms with Crippen LogP contribution < -0.4 is 0 Å². The van der Waals surface area contributed by atoms with Gasteiger partial charge in [-0.05, 0) is 63.3 Å². The van der Waals surface area contributed by atoms with E-state index < -0.39 is 5.67 Å². The number of allylic oxidation sites excluding steroid dienone is 5. The van der Waals surface area contributed by atoms with Crippen LogP contribution in [-0.2, 0) is 0 Å². The fourth-order valence-electron chi connectivity index (χ4n) is 3.95. The fraction of sp³-hybridized carbons (Fsp3) is 0.444. The standard InChI is InChI=1S/C27H35FN4/c1-6-11-25(30-9-4)26-24(12-10-15-31-26)21(5)32-16-13-27(28,14-17-32)19-22(7-2)18-23(8-3)20-29/h7,9-12,15,18H,5-6,8,13-14,16-17,19H2,1-4H3/b22-7+,23-18+,25-11-,30-9-. The summed E-state index contributed by atoms with van der Waals surface area (Å²) in [7, 11) is 0. The lowest BCUT2D eigenvalue weighted by Crippen LogP contribution is -2.41. The van der Waals surface area contributed by atoms with Crippen molar-refractivity contribution >= 4 is 17.6 Å². The smallest absolute Gasteiger partial charge is 0.118 e. The molecule has 1 aliphatic heterocycles.